The summed E-state index contributed by atoms with van der Waals surface area (Å²) < 4.78 is 0. The van der Waals surface area contributed by atoms with Gasteiger partial charge in [0.2, 0.25) is 0 Å². The summed E-state index contributed by atoms with van der Waals surface area (Å²) in [6.45, 7) is 8.57. The van der Waals surface area contributed by atoms with Gasteiger partial charge >= 0.3 is 0 Å². The van der Waals surface area contributed by atoms with Gasteiger partial charge in [0, 0.05) is 0 Å². The van der Waals surface area contributed by atoms with Crippen LogP contribution in [0.4, 0.5) is 0 Å². The zero-order chi connectivity index (χ0) is 9.07. The molecule has 0 bridgehead atoms. The normalized spacial score (nSPS) is 18.0. The molecule has 0 rings (SSSR count). The Morgan fingerprint density at radius 3 is 2.09 bits per heavy atom. The molecule has 68 valence electrons. The van der Waals surface area contributed by atoms with Gasteiger partial charge in [0.1, 0.15) is 6.23 Å². The van der Waals surface area contributed by atoms with Gasteiger partial charge < -0.3 is 10.8 Å². The summed E-state index contributed by atoms with van der Waals surface area (Å²) in [7, 11) is 0. The Morgan fingerprint density at radius 2 is 1.82 bits per heavy atom. The predicted molar refractivity (Wildman–Crippen MR) is 48.0 cm³/mol. The molecule has 0 aliphatic carbocycles. The summed E-state index contributed by atoms with van der Waals surface area (Å²) in [5, 5.41) is 9.00. The number of aliphatic hydroxyl groups is 1. The first-order chi connectivity index (χ1) is 4.83. The van der Waals surface area contributed by atoms with E-state index in [-0.39, 0.29) is 5.92 Å². The molecule has 0 aromatic rings. The number of aliphatic hydroxyl groups excluding tert-OH is 1. The molecule has 0 aromatic heterocycles. The quantitative estimate of drug-likeness (QED) is 0.616. The molecule has 2 unspecified atom stereocenters. The summed E-state index contributed by atoms with van der Waals surface area (Å²) in [5.41, 5.74) is 5.67. The molecule has 0 amide bonds. The molecule has 0 aromatic carbocycles. The lowest BCUT2D eigenvalue weighted by molar-refractivity contribution is 0.110. The molecule has 0 aliphatic heterocycles. The van der Waals surface area contributed by atoms with E-state index >= 15 is 0 Å². The minimum Gasteiger partial charge on any atom is -0.379 e. The molecule has 0 saturated carbocycles. The average Bonchev–Trinajstić information content (AvgIpc) is 1.80. The molecule has 0 heterocycles. The summed E-state index contributed by atoms with van der Waals surface area (Å²) in [6.07, 6.45) is 1.46. The Labute approximate surface area is 69.8 Å². The van der Waals surface area contributed by atoms with E-state index in [9.17, 15) is 0 Å². The summed E-state index contributed by atoms with van der Waals surface area (Å²) in [6, 6.07) is 0. The van der Waals surface area contributed by atoms with Gasteiger partial charge in [-0.2, -0.15) is 0 Å². The lowest BCUT2D eigenvalue weighted by atomic mass is 9.87. The van der Waals surface area contributed by atoms with Gasteiger partial charge in [-0.1, -0.05) is 27.7 Å². The largest absolute Gasteiger partial charge is 0.379 e. The molecule has 0 spiro atoms. The number of rotatable bonds is 3. The third kappa shape index (κ3) is 6.32. The SMILES string of the molecule is CC(CCC(C)(C)C)C(N)O. The lowest BCUT2D eigenvalue weighted by Gasteiger charge is -2.21. The van der Waals surface area contributed by atoms with E-state index in [2.05, 4.69) is 20.8 Å². The molecule has 0 radical (unpaired) electrons. The third-order valence-corrected chi connectivity index (χ3v) is 1.93. The number of hydrogen-bond acceptors (Lipinski definition) is 2. The number of nitrogens with two attached hydrogens (primary N) is 1. The van der Waals surface area contributed by atoms with Crippen molar-refractivity contribution >= 4 is 0 Å². The van der Waals surface area contributed by atoms with Gasteiger partial charge in [-0.25, -0.2) is 0 Å². The molecular weight excluding hydrogens is 138 g/mol. The van der Waals surface area contributed by atoms with Gasteiger partial charge in [-0.3, -0.25) is 0 Å². The molecule has 3 N–H and O–H groups in total. The first kappa shape index (κ1) is 10.9. The number of hydrogen-bond donors (Lipinski definition) is 2. The zero-order valence-corrected chi connectivity index (χ0v) is 8.09. The highest BCUT2D eigenvalue weighted by Gasteiger charge is 2.15. The lowest BCUT2D eigenvalue weighted by Crippen LogP contribution is -2.28. The van der Waals surface area contributed by atoms with Crippen molar-refractivity contribution in [3.63, 3.8) is 0 Å². The van der Waals surface area contributed by atoms with Crippen LogP contribution in [-0.2, 0) is 0 Å². The summed E-state index contributed by atoms with van der Waals surface area (Å²) >= 11 is 0. The van der Waals surface area contributed by atoms with Gasteiger partial charge in [0.25, 0.3) is 0 Å². The standard InChI is InChI=1S/C9H21NO/c1-7(8(10)11)5-6-9(2,3)4/h7-8,11H,5-6,10H2,1-4H3. The summed E-state index contributed by atoms with van der Waals surface area (Å²) in [5.74, 6) is 0.217. The van der Waals surface area contributed by atoms with Crippen LogP contribution < -0.4 is 5.73 Å². The Morgan fingerprint density at radius 1 is 1.36 bits per heavy atom. The first-order valence-electron chi connectivity index (χ1n) is 4.26. The second kappa shape index (κ2) is 4.07. The van der Waals surface area contributed by atoms with Crippen molar-refractivity contribution in [2.24, 2.45) is 17.1 Å². The van der Waals surface area contributed by atoms with Crippen molar-refractivity contribution in [1.29, 1.82) is 0 Å². The molecule has 0 saturated heterocycles. The molecule has 11 heavy (non-hydrogen) atoms. The molecule has 2 atom stereocenters. The fourth-order valence-electron chi connectivity index (χ4n) is 0.831. The van der Waals surface area contributed by atoms with Gasteiger partial charge in [-0.15, -0.1) is 0 Å². The maximum atomic E-state index is 9.00. The Hall–Kier alpha value is -0.0800. The van der Waals surface area contributed by atoms with Gasteiger partial charge in [0.05, 0.1) is 0 Å². The molecule has 2 nitrogen and oxygen atoms in total. The van der Waals surface area contributed by atoms with Crippen molar-refractivity contribution in [2.75, 3.05) is 0 Å². The van der Waals surface area contributed by atoms with Crippen LogP contribution in [0.1, 0.15) is 40.5 Å². The van der Waals surface area contributed by atoms with E-state index < -0.39 is 6.23 Å². The average molecular weight is 159 g/mol. The van der Waals surface area contributed by atoms with Gasteiger partial charge in [-0.05, 0) is 24.2 Å². The predicted octanol–water partition coefficient (Wildman–Crippen LogP) is 1.73. The van der Waals surface area contributed by atoms with Crippen molar-refractivity contribution in [3.8, 4) is 0 Å². The van der Waals surface area contributed by atoms with Gasteiger partial charge in [0.15, 0.2) is 0 Å². The minimum atomic E-state index is -0.655. The van der Waals surface area contributed by atoms with E-state index in [0.717, 1.165) is 12.8 Å². The zero-order valence-electron chi connectivity index (χ0n) is 8.09. The topological polar surface area (TPSA) is 46.2 Å². The van der Waals surface area contributed by atoms with Crippen molar-refractivity contribution in [2.45, 2.75) is 46.8 Å². The fourth-order valence-corrected chi connectivity index (χ4v) is 0.831. The van der Waals surface area contributed by atoms with Crippen molar-refractivity contribution in [1.82, 2.24) is 0 Å². The first-order valence-corrected chi connectivity index (χ1v) is 4.26. The van der Waals surface area contributed by atoms with E-state index in [1.54, 1.807) is 0 Å². The third-order valence-electron chi connectivity index (χ3n) is 1.93. The van der Waals surface area contributed by atoms with E-state index in [4.69, 9.17) is 10.8 Å². The van der Waals surface area contributed by atoms with Crippen LogP contribution in [0.15, 0.2) is 0 Å². The molecule has 2 heteroatoms. The highest BCUT2D eigenvalue weighted by atomic mass is 16.3. The smallest absolute Gasteiger partial charge is 0.104 e. The van der Waals surface area contributed by atoms with Crippen LogP contribution in [0.2, 0.25) is 0 Å². The molecule has 0 fully saturated rings. The minimum absolute atomic E-state index is 0.217. The van der Waals surface area contributed by atoms with Crippen LogP contribution in [0.5, 0.6) is 0 Å². The van der Waals surface area contributed by atoms with Crippen LogP contribution >= 0.6 is 0 Å². The van der Waals surface area contributed by atoms with Crippen LogP contribution in [0.25, 0.3) is 0 Å². The van der Waals surface area contributed by atoms with Crippen molar-refractivity contribution in [3.05, 3.63) is 0 Å². The maximum Gasteiger partial charge on any atom is 0.104 e. The highest BCUT2D eigenvalue weighted by molar-refractivity contribution is 4.65. The Balaban J connectivity index is 3.54. The second-order valence-electron chi connectivity index (χ2n) is 4.57. The maximum absolute atomic E-state index is 9.00. The van der Waals surface area contributed by atoms with E-state index in [1.165, 1.54) is 0 Å². The summed E-state index contributed by atoms with van der Waals surface area (Å²) in [4.78, 5) is 0. The van der Waals surface area contributed by atoms with E-state index in [1.807, 2.05) is 6.92 Å². The Kier molecular flexibility index (Phi) is 4.04. The monoisotopic (exact) mass is 159 g/mol. The second-order valence-corrected chi connectivity index (χ2v) is 4.57. The van der Waals surface area contributed by atoms with Crippen LogP contribution in [0.3, 0.4) is 0 Å². The van der Waals surface area contributed by atoms with Crippen LogP contribution in [0, 0.1) is 11.3 Å². The fraction of sp³-hybridized carbons (Fsp3) is 1.00. The van der Waals surface area contributed by atoms with E-state index in [0.29, 0.717) is 5.41 Å². The van der Waals surface area contributed by atoms with Crippen LogP contribution in [-0.4, -0.2) is 11.3 Å². The molecular formula is C9H21NO. The van der Waals surface area contributed by atoms with Crippen molar-refractivity contribution < 1.29 is 5.11 Å². The molecule has 0 aliphatic rings. The highest BCUT2D eigenvalue weighted by Crippen LogP contribution is 2.23. The Bertz CT molecular complexity index is 105.